The fourth-order valence-corrected chi connectivity index (χ4v) is 8.21. The quantitative estimate of drug-likeness (QED) is 0.0719. The molecule has 0 saturated heterocycles. The maximum absolute atomic E-state index is 13.3. The van der Waals surface area contributed by atoms with Crippen molar-refractivity contribution in [3.63, 3.8) is 0 Å². The number of hydrogen-bond acceptors (Lipinski definition) is 13. The van der Waals surface area contributed by atoms with Gasteiger partial charge in [0, 0.05) is 23.2 Å². The molecule has 49 heavy (non-hydrogen) atoms. The third-order valence-corrected chi connectivity index (χ3v) is 11.0. The van der Waals surface area contributed by atoms with Crippen LogP contribution < -0.4 is 10.0 Å². The molecule has 0 unspecified atom stereocenters. The molecule has 0 bridgehead atoms. The molecule has 0 aromatic heterocycles. The molecule has 25 heteroatoms. The van der Waals surface area contributed by atoms with E-state index >= 15 is 0 Å². The van der Waals surface area contributed by atoms with Crippen molar-refractivity contribution in [1.29, 1.82) is 0 Å². The number of rotatable bonds is 11. The zero-order valence-electron chi connectivity index (χ0n) is 23.6. The third kappa shape index (κ3) is 8.71. The predicted molar refractivity (Wildman–Crippen MR) is 167 cm³/mol. The molecule has 0 aliphatic carbocycles. The van der Waals surface area contributed by atoms with Crippen molar-refractivity contribution < 1.29 is 70.0 Å². The van der Waals surface area contributed by atoms with E-state index < -0.39 is 114 Å². The third-order valence-electron chi connectivity index (χ3n) is 6.34. The summed E-state index contributed by atoms with van der Waals surface area (Å²) in [4.78, 5) is 18.3. The van der Waals surface area contributed by atoms with Crippen LogP contribution >= 0.6 is 0 Å². The number of carbonyl (C=O) groups excluding carboxylic acids is 1. The highest BCUT2D eigenvalue weighted by Gasteiger charge is 2.27. The Bertz CT molecular complexity index is 2630. The van der Waals surface area contributed by atoms with Crippen molar-refractivity contribution in [3.8, 4) is 0 Å². The lowest BCUT2D eigenvalue weighted by molar-refractivity contribution is -0.385. The second kappa shape index (κ2) is 12.7. The topological polar surface area (TPSA) is 336 Å². The van der Waals surface area contributed by atoms with Gasteiger partial charge in [0.1, 0.15) is 9.79 Å². The predicted octanol–water partition coefficient (Wildman–Crippen LogP) is 1.93. The molecule has 0 heterocycles. The van der Waals surface area contributed by atoms with E-state index in [2.05, 4.69) is 5.32 Å². The second-order valence-electron chi connectivity index (χ2n) is 9.84. The maximum Gasteiger partial charge on any atom is 0.295 e. The first-order valence-corrected chi connectivity index (χ1v) is 19.9. The van der Waals surface area contributed by atoms with Crippen molar-refractivity contribution in [3.05, 3.63) is 88.0 Å². The van der Waals surface area contributed by atoms with E-state index in [1.165, 1.54) is 18.2 Å². The van der Waals surface area contributed by atoms with Crippen LogP contribution in [0, 0.1) is 10.1 Å². The number of nitro groups is 1. The standard InChI is InChI=1S/C24H19N3O17S5/c28-24(19-5-4-16(27(29)30)9-21(19)48(39,40)41)25-15-3-1-2-13(6-15)12-45(31,32)26-20-10-17(46(33,34)35)7-14-8-18(47(36,37)38)11-22(23(14)20)49(42,43)44/h1-11,26H,12H2,(H,25,28)(H,33,34,35)(H,36,37,38)(H,39,40,41)(H,42,43,44). The molecule has 0 aliphatic rings. The van der Waals surface area contributed by atoms with Crippen LogP contribution in [-0.4, -0.2) is 71.1 Å². The Morgan fingerprint density at radius 2 is 1.27 bits per heavy atom. The number of non-ortho nitro benzene ring substituents is 1. The molecule has 0 radical (unpaired) electrons. The molecule has 6 N–H and O–H groups in total. The number of nitrogens with zero attached hydrogens (tertiary/aromatic N) is 1. The summed E-state index contributed by atoms with van der Waals surface area (Å²) in [5, 5.41) is 11.8. The molecule has 4 rings (SSSR count). The normalized spacial score (nSPS) is 12.8. The van der Waals surface area contributed by atoms with Crippen LogP contribution in [0.2, 0.25) is 0 Å². The first-order valence-electron chi connectivity index (χ1n) is 12.5. The van der Waals surface area contributed by atoms with Crippen molar-refractivity contribution in [1.82, 2.24) is 0 Å². The summed E-state index contributed by atoms with van der Waals surface area (Å²) in [5.74, 6) is -2.21. The van der Waals surface area contributed by atoms with Gasteiger partial charge in [0.2, 0.25) is 10.0 Å². The molecule has 0 atom stereocenters. The number of fused-ring (bicyclic) bond motifs is 1. The Morgan fingerprint density at radius 1 is 0.694 bits per heavy atom. The average Bonchev–Trinajstić information content (AvgIpc) is 2.93. The van der Waals surface area contributed by atoms with E-state index in [4.69, 9.17) is 0 Å². The molecule has 0 spiro atoms. The molecule has 1 amide bonds. The van der Waals surface area contributed by atoms with Crippen molar-refractivity contribution >= 4 is 84.2 Å². The van der Waals surface area contributed by atoms with Gasteiger partial charge in [-0.05, 0) is 53.4 Å². The largest absolute Gasteiger partial charge is 0.322 e. The van der Waals surface area contributed by atoms with Gasteiger partial charge in [-0.1, -0.05) is 12.1 Å². The van der Waals surface area contributed by atoms with Gasteiger partial charge in [-0.15, -0.1) is 0 Å². The van der Waals surface area contributed by atoms with E-state index in [0.29, 0.717) is 24.3 Å². The first-order chi connectivity index (χ1) is 22.3. The number of hydrogen-bond donors (Lipinski definition) is 6. The Hall–Kier alpha value is -4.60. The van der Waals surface area contributed by atoms with Gasteiger partial charge >= 0.3 is 0 Å². The summed E-state index contributed by atoms with van der Waals surface area (Å²) in [5.41, 5.74) is -2.66. The zero-order valence-corrected chi connectivity index (χ0v) is 27.7. The Labute approximate surface area is 276 Å². The minimum atomic E-state index is -5.41. The van der Waals surface area contributed by atoms with Crippen LogP contribution in [-0.2, 0) is 56.2 Å². The smallest absolute Gasteiger partial charge is 0.295 e. The first kappa shape index (κ1) is 37.2. The van der Waals surface area contributed by atoms with Crippen LogP contribution in [0.15, 0.2) is 86.3 Å². The van der Waals surface area contributed by atoms with Crippen molar-refractivity contribution in [2.24, 2.45) is 0 Å². The lowest BCUT2D eigenvalue weighted by Crippen LogP contribution is -2.18. The van der Waals surface area contributed by atoms with Gasteiger partial charge in [-0.25, -0.2) is 8.42 Å². The molecular formula is C24H19N3O17S5. The van der Waals surface area contributed by atoms with Gasteiger partial charge < -0.3 is 5.32 Å². The van der Waals surface area contributed by atoms with Crippen LogP contribution in [0.5, 0.6) is 0 Å². The molecule has 4 aromatic rings. The van der Waals surface area contributed by atoms with Gasteiger partial charge in [0.25, 0.3) is 52.1 Å². The van der Waals surface area contributed by atoms with Crippen molar-refractivity contribution in [2.45, 2.75) is 25.3 Å². The average molecular weight is 782 g/mol. The van der Waals surface area contributed by atoms with E-state index in [1.54, 1.807) is 0 Å². The van der Waals surface area contributed by atoms with Gasteiger partial charge in [-0.3, -0.25) is 37.8 Å². The SMILES string of the molecule is O=C(Nc1cccc(CS(=O)(=O)Nc2cc(S(=O)(=O)O)cc3cc(S(=O)(=O)O)cc(S(=O)(=O)O)c23)c1)c1ccc([N+](=O)[O-])cc1S(=O)(=O)O. The van der Waals surface area contributed by atoms with Gasteiger partial charge in [0.15, 0.2) is 0 Å². The molecule has 262 valence electrons. The zero-order chi connectivity index (χ0) is 36.9. The summed E-state index contributed by atoms with van der Waals surface area (Å²) in [6.07, 6.45) is 0. The number of amides is 1. The van der Waals surface area contributed by atoms with Crippen LogP contribution in [0.25, 0.3) is 10.8 Å². The van der Waals surface area contributed by atoms with Crippen LogP contribution in [0.1, 0.15) is 15.9 Å². The maximum atomic E-state index is 13.3. The highest BCUT2D eigenvalue weighted by molar-refractivity contribution is 7.92. The number of sulfonamides is 1. The Morgan fingerprint density at radius 3 is 1.80 bits per heavy atom. The van der Waals surface area contributed by atoms with Gasteiger partial charge in [-0.2, -0.15) is 33.7 Å². The molecule has 4 aromatic carbocycles. The van der Waals surface area contributed by atoms with Crippen LogP contribution in [0.3, 0.4) is 0 Å². The molecule has 0 aliphatic heterocycles. The number of nitrogens with one attached hydrogen (secondary N) is 2. The highest BCUT2D eigenvalue weighted by atomic mass is 32.2. The second-order valence-corrected chi connectivity index (χ2v) is 17.2. The molecule has 0 saturated carbocycles. The van der Waals surface area contributed by atoms with Crippen molar-refractivity contribution in [2.75, 3.05) is 10.0 Å². The van der Waals surface area contributed by atoms with E-state index in [0.717, 1.165) is 18.2 Å². The van der Waals surface area contributed by atoms with E-state index in [-0.39, 0.29) is 17.3 Å². The molecule has 20 nitrogen and oxygen atoms in total. The highest BCUT2D eigenvalue weighted by Crippen LogP contribution is 2.36. The molecular weight excluding hydrogens is 763 g/mol. The number of nitro benzene ring substituents is 1. The van der Waals surface area contributed by atoms with E-state index in [1.807, 2.05) is 4.72 Å². The fourth-order valence-electron chi connectivity index (χ4n) is 4.39. The summed E-state index contributed by atoms with van der Waals surface area (Å²) in [7, 11) is -25.6. The molecule has 0 fully saturated rings. The summed E-state index contributed by atoms with van der Waals surface area (Å²) in [6.45, 7) is 0. The van der Waals surface area contributed by atoms with E-state index in [9.17, 15) is 75.2 Å². The lowest BCUT2D eigenvalue weighted by Gasteiger charge is -2.16. The fraction of sp³-hybridized carbons (Fsp3) is 0.0417. The summed E-state index contributed by atoms with van der Waals surface area (Å²) in [6, 6.07) is 8.49. The number of carbonyl (C=O) groups is 1. The minimum absolute atomic E-state index is 0.122. The number of benzene rings is 4. The van der Waals surface area contributed by atoms with Gasteiger partial charge in [0.05, 0.1) is 31.7 Å². The summed E-state index contributed by atoms with van der Waals surface area (Å²) >= 11 is 0. The minimum Gasteiger partial charge on any atom is -0.322 e. The Kier molecular flexibility index (Phi) is 9.64. The monoisotopic (exact) mass is 781 g/mol. The van der Waals surface area contributed by atoms with Crippen LogP contribution in [0.4, 0.5) is 17.1 Å². The lowest BCUT2D eigenvalue weighted by atomic mass is 10.1. The number of anilines is 2. The Balaban J connectivity index is 1.75. The summed E-state index contributed by atoms with van der Waals surface area (Å²) < 4.78 is 162.